The molecule has 5 aromatic rings. The molecule has 3 aromatic carbocycles. The van der Waals surface area contributed by atoms with Gasteiger partial charge in [-0.2, -0.15) is 0 Å². The second-order valence-corrected chi connectivity index (χ2v) is 17.6. The summed E-state index contributed by atoms with van der Waals surface area (Å²) in [6.07, 6.45) is 11.4. The van der Waals surface area contributed by atoms with Gasteiger partial charge in [-0.1, -0.05) is 67.1 Å². The van der Waals surface area contributed by atoms with Gasteiger partial charge in [-0.05, 0) is 94.1 Å². The molecule has 4 fully saturated rings. The molecule has 4 aliphatic heterocycles. The first-order valence-corrected chi connectivity index (χ1v) is 22.9. The molecule has 336 valence electrons. The lowest BCUT2D eigenvalue weighted by molar-refractivity contribution is -0.139. The van der Waals surface area contributed by atoms with Gasteiger partial charge in [-0.3, -0.25) is 14.5 Å². The van der Waals surface area contributed by atoms with Crippen molar-refractivity contribution in [1.29, 1.82) is 0 Å². The number of amides is 3. The molecule has 0 radical (unpaired) electrons. The van der Waals surface area contributed by atoms with Crippen LogP contribution in [0.2, 0.25) is 0 Å². The van der Waals surface area contributed by atoms with E-state index in [1.807, 2.05) is 71.8 Å². The fraction of sp³-hybridized carbons (Fsp3) is 0.449. The van der Waals surface area contributed by atoms with E-state index < -0.39 is 23.8 Å². The van der Waals surface area contributed by atoms with Crippen molar-refractivity contribution in [2.75, 3.05) is 51.3 Å². The fourth-order valence-corrected chi connectivity index (χ4v) is 10.4. The third kappa shape index (κ3) is 8.99. The lowest BCUT2D eigenvalue weighted by Crippen LogP contribution is -2.46. The number of rotatable bonds is 11. The quantitative estimate of drug-likeness (QED) is 0.120. The number of benzene rings is 3. The number of imidazole rings is 2. The number of alkyl carbamates (subject to hydrolysis) is 1. The highest BCUT2D eigenvalue weighted by atomic mass is 19.1. The van der Waals surface area contributed by atoms with E-state index >= 15 is 8.78 Å². The van der Waals surface area contributed by atoms with Gasteiger partial charge in [0.1, 0.15) is 41.1 Å². The van der Waals surface area contributed by atoms with E-state index in [-0.39, 0.29) is 41.5 Å². The Kier molecular flexibility index (Phi) is 13.0. The van der Waals surface area contributed by atoms with Gasteiger partial charge in [0.15, 0.2) is 0 Å². The Hall–Kier alpha value is -6.09. The van der Waals surface area contributed by atoms with Crippen LogP contribution in [0.15, 0.2) is 85.2 Å². The number of H-pyrrole nitrogens is 2. The molecule has 4 aliphatic rings. The highest BCUT2D eigenvalue weighted by Crippen LogP contribution is 2.39. The maximum Gasteiger partial charge on any atom is 0.407 e. The third-order valence-electron chi connectivity index (χ3n) is 13.7. The summed E-state index contributed by atoms with van der Waals surface area (Å²) in [4.78, 5) is 64.9. The van der Waals surface area contributed by atoms with Crippen molar-refractivity contribution >= 4 is 23.6 Å². The van der Waals surface area contributed by atoms with Crippen LogP contribution in [-0.2, 0) is 14.3 Å². The number of halogens is 2. The van der Waals surface area contributed by atoms with Crippen molar-refractivity contribution in [3.63, 3.8) is 0 Å². The average Bonchev–Trinajstić information content (AvgIpc) is 4.14. The first kappa shape index (κ1) is 43.2. The summed E-state index contributed by atoms with van der Waals surface area (Å²) in [5, 5.41) is 2.72. The molecule has 3 amide bonds. The topological polar surface area (TPSA) is 143 Å². The van der Waals surface area contributed by atoms with Crippen LogP contribution in [0.4, 0.5) is 19.3 Å². The summed E-state index contributed by atoms with van der Waals surface area (Å²) in [6.45, 7) is 3.80. The number of hydrogen-bond donors (Lipinski definition) is 3. The molecule has 4 saturated heterocycles. The van der Waals surface area contributed by atoms with Crippen molar-refractivity contribution in [3.05, 3.63) is 125 Å². The highest BCUT2D eigenvalue weighted by molar-refractivity contribution is 5.87. The van der Waals surface area contributed by atoms with E-state index in [1.165, 1.54) is 25.7 Å². The molecule has 13 nitrogen and oxygen atoms in total. The Bertz CT molecular complexity index is 2370. The van der Waals surface area contributed by atoms with Crippen molar-refractivity contribution in [2.45, 2.75) is 94.3 Å². The number of nitrogens with zero attached hydrogens (tertiary/aromatic N) is 6. The molecule has 2 aromatic heterocycles. The second-order valence-electron chi connectivity index (χ2n) is 17.6. The lowest BCUT2D eigenvalue weighted by atomic mass is 9.93. The minimum Gasteiger partial charge on any atom is -0.453 e. The first-order chi connectivity index (χ1) is 31.3. The van der Waals surface area contributed by atoms with Gasteiger partial charge in [0.05, 0.1) is 31.1 Å². The molecule has 0 spiro atoms. The molecule has 6 heterocycles. The number of aromatic amines is 2. The predicted octanol–water partition coefficient (Wildman–Crippen LogP) is 8.50. The molecule has 9 rings (SSSR count). The smallest absolute Gasteiger partial charge is 0.407 e. The highest BCUT2D eigenvalue weighted by Gasteiger charge is 2.40. The van der Waals surface area contributed by atoms with Crippen molar-refractivity contribution in [3.8, 4) is 11.3 Å². The normalized spacial score (nSPS) is 20.8. The van der Waals surface area contributed by atoms with E-state index in [0.717, 1.165) is 69.3 Å². The SMILES string of the molecule is COC(=O)N[C@@H](C(=O)N1CCCC[C@H]1c1ncc(C2CCN(c3c(F)cc(-c4cnc([C@@H]5CCCN5C(=O)[C@@H](c5ccccc5)N5CCCCC5)[nH]4)cc3F)CC2)[nH]1)c1ccccc1. The summed E-state index contributed by atoms with van der Waals surface area (Å²) in [7, 11) is 1.27. The molecule has 0 aliphatic carbocycles. The average molecular weight is 874 g/mol. The maximum absolute atomic E-state index is 16.0. The van der Waals surface area contributed by atoms with E-state index in [2.05, 4.69) is 25.2 Å². The molecule has 0 bridgehead atoms. The molecule has 0 unspecified atom stereocenters. The minimum atomic E-state index is -0.914. The molecular weight excluding hydrogens is 817 g/mol. The number of likely N-dealkylation sites (tertiary alicyclic amines) is 3. The minimum absolute atomic E-state index is 0.0469. The van der Waals surface area contributed by atoms with Gasteiger partial charge < -0.3 is 34.7 Å². The van der Waals surface area contributed by atoms with Gasteiger partial charge >= 0.3 is 6.09 Å². The van der Waals surface area contributed by atoms with Gasteiger partial charge in [0.2, 0.25) is 5.91 Å². The Labute approximate surface area is 372 Å². The van der Waals surface area contributed by atoms with Crippen LogP contribution >= 0.6 is 0 Å². The van der Waals surface area contributed by atoms with E-state index in [1.54, 1.807) is 16.0 Å². The number of ether oxygens (including phenoxy) is 1. The number of methoxy groups -OCH3 is 1. The summed E-state index contributed by atoms with van der Waals surface area (Å²) >= 11 is 0. The number of piperidine rings is 3. The Morgan fingerprint density at radius 1 is 0.688 bits per heavy atom. The summed E-state index contributed by atoms with van der Waals surface area (Å²) in [6, 6.07) is 20.0. The fourth-order valence-electron chi connectivity index (χ4n) is 10.4. The van der Waals surface area contributed by atoms with Gasteiger partial charge in [-0.25, -0.2) is 23.5 Å². The Morgan fingerprint density at radius 2 is 1.28 bits per heavy atom. The largest absolute Gasteiger partial charge is 0.453 e. The predicted molar refractivity (Wildman–Crippen MR) is 238 cm³/mol. The van der Waals surface area contributed by atoms with Crippen LogP contribution in [0.1, 0.15) is 123 Å². The van der Waals surface area contributed by atoms with Crippen LogP contribution < -0.4 is 10.2 Å². The number of carbonyl (C=O) groups is 3. The van der Waals surface area contributed by atoms with Crippen molar-refractivity contribution < 1.29 is 27.9 Å². The zero-order valence-electron chi connectivity index (χ0n) is 36.4. The van der Waals surface area contributed by atoms with Crippen LogP contribution in [0, 0.1) is 11.6 Å². The molecular formula is C49H57F2N9O4. The van der Waals surface area contributed by atoms with Crippen LogP contribution in [-0.4, -0.2) is 98.9 Å². The Balaban J connectivity index is 0.852. The van der Waals surface area contributed by atoms with Crippen LogP contribution in [0.3, 0.4) is 0 Å². The zero-order valence-corrected chi connectivity index (χ0v) is 36.4. The van der Waals surface area contributed by atoms with Crippen LogP contribution in [0.5, 0.6) is 0 Å². The van der Waals surface area contributed by atoms with Crippen LogP contribution in [0.25, 0.3) is 11.3 Å². The van der Waals surface area contributed by atoms with E-state index in [4.69, 9.17) is 9.72 Å². The lowest BCUT2D eigenvalue weighted by Gasteiger charge is -2.37. The van der Waals surface area contributed by atoms with Gasteiger partial charge in [0.25, 0.3) is 5.91 Å². The maximum atomic E-state index is 16.0. The van der Waals surface area contributed by atoms with Crippen molar-refractivity contribution in [2.24, 2.45) is 0 Å². The molecule has 15 heteroatoms. The molecule has 0 saturated carbocycles. The number of hydrogen-bond acceptors (Lipinski definition) is 8. The summed E-state index contributed by atoms with van der Waals surface area (Å²) in [5.74, 6) is -0.0590. The van der Waals surface area contributed by atoms with E-state index in [0.29, 0.717) is 67.5 Å². The molecule has 4 atom stereocenters. The zero-order chi connectivity index (χ0) is 44.2. The Morgan fingerprint density at radius 3 is 1.97 bits per heavy atom. The third-order valence-corrected chi connectivity index (χ3v) is 13.7. The number of anilines is 1. The molecule has 3 N–H and O–H groups in total. The standard InChI is InChI=1S/C49H57F2N9O4/c1-64-49(63)56-42(33-14-5-2-6-15-33)47(61)59-24-12-9-18-40(59)45-52-30-38(54-45)32-20-26-58(27-21-32)44-36(50)28-35(29-37(44)51)39-31-53-46(55-39)41-19-13-25-60(41)48(62)43(34-16-7-3-8-17-34)57-22-10-4-11-23-57/h2-3,5-8,14-17,28-32,40-43H,4,9-13,18-27H2,1H3,(H,52,54)(H,53,55)(H,56,63)/t40-,41-,42+,43+/m0/s1. The van der Waals surface area contributed by atoms with Gasteiger partial charge in [-0.15, -0.1) is 0 Å². The second kappa shape index (κ2) is 19.3. The summed E-state index contributed by atoms with van der Waals surface area (Å²) in [5.41, 5.74) is 3.39. The first-order valence-electron chi connectivity index (χ1n) is 22.9. The van der Waals surface area contributed by atoms with Crippen molar-refractivity contribution in [1.82, 2.24) is 40.0 Å². The van der Waals surface area contributed by atoms with E-state index in [9.17, 15) is 14.4 Å². The number of nitrogens with one attached hydrogen (secondary N) is 3. The summed E-state index contributed by atoms with van der Waals surface area (Å²) < 4.78 is 36.9. The monoisotopic (exact) mass is 873 g/mol. The van der Waals surface area contributed by atoms with Gasteiger partial charge in [0, 0.05) is 49.6 Å². The molecule has 64 heavy (non-hydrogen) atoms. The number of carbonyl (C=O) groups excluding carboxylic acids is 3. The number of aromatic nitrogens is 4.